The van der Waals surface area contributed by atoms with Crippen LogP contribution in [0.5, 0.6) is 11.5 Å². The van der Waals surface area contributed by atoms with Crippen molar-refractivity contribution in [2.24, 2.45) is 0 Å². The fraction of sp³-hybridized carbons (Fsp3) is 0.417. The van der Waals surface area contributed by atoms with Gasteiger partial charge in [-0.05, 0) is 48.6 Å². The molecule has 170 valence electrons. The summed E-state index contributed by atoms with van der Waals surface area (Å²) in [6.07, 6.45) is 1.77. The minimum absolute atomic E-state index is 0.205. The van der Waals surface area contributed by atoms with E-state index in [1.807, 2.05) is 31.2 Å². The highest BCUT2D eigenvalue weighted by molar-refractivity contribution is 7.03. The van der Waals surface area contributed by atoms with Crippen LogP contribution in [0.15, 0.2) is 46.0 Å². The molecule has 0 atom stereocenters. The summed E-state index contributed by atoms with van der Waals surface area (Å²) in [5, 5.41) is 0. The number of aryl methyl sites for hydroxylation is 2. The Morgan fingerprint density at radius 1 is 0.969 bits per heavy atom. The van der Waals surface area contributed by atoms with Crippen molar-refractivity contribution in [1.29, 1.82) is 0 Å². The van der Waals surface area contributed by atoms with Crippen molar-refractivity contribution in [3.05, 3.63) is 78.8 Å². The molecule has 0 amide bonds. The minimum Gasteiger partial charge on any atom is -0.493 e. The second kappa shape index (κ2) is 9.75. The summed E-state index contributed by atoms with van der Waals surface area (Å²) in [4.78, 5) is 27.3. The molecule has 0 saturated carbocycles. The van der Waals surface area contributed by atoms with Crippen LogP contribution in [0.25, 0.3) is 0 Å². The first-order chi connectivity index (χ1) is 15.5. The Bertz CT molecular complexity index is 1190. The first-order valence-corrected chi connectivity index (χ1v) is 11.6. The fourth-order valence-electron chi connectivity index (χ4n) is 4.12. The SMILES string of the molecule is COc1cc2c(cc1OC)CN(CCCn1sc(=O)n(Cc3ccc(C)cc3)c1=O)CC2. The third-order valence-corrected chi connectivity index (χ3v) is 6.88. The molecule has 0 aliphatic carbocycles. The van der Waals surface area contributed by atoms with Crippen molar-refractivity contribution in [2.45, 2.75) is 39.4 Å². The number of hydrogen-bond acceptors (Lipinski definition) is 6. The number of nitrogens with zero attached hydrogens (tertiary/aromatic N) is 3. The van der Waals surface area contributed by atoms with Crippen LogP contribution in [0.2, 0.25) is 0 Å². The molecule has 2 aromatic carbocycles. The van der Waals surface area contributed by atoms with Gasteiger partial charge >= 0.3 is 10.6 Å². The third kappa shape index (κ3) is 4.81. The molecule has 0 radical (unpaired) electrons. The number of aromatic nitrogens is 2. The predicted molar refractivity (Wildman–Crippen MR) is 126 cm³/mol. The van der Waals surface area contributed by atoms with Gasteiger partial charge in [0.15, 0.2) is 11.5 Å². The van der Waals surface area contributed by atoms with Crippen LogP contribution in [0.4, 0.5) is 0 Å². The normalized spacial score (nSPS) is 13.7. The van der Waals surface area contributed by atoms with Crippen LogP contribution in [0.1, 0.15) is 28.7 Å². The summed E-state index contributed by atoms with van der Waals surface area (Å²) in [5.41, 5.74) is 4.43. The average molecular weight is 456 g/mol. The van der Waals surface area contributed by atoms with Crippen LogP contribution < -0.4 is 20.0 Å². The molecular formula is C24H29N3O4S. The minimum atomic E-state index is -0.221. The summed E-state index contributed by atoms with van der Waals surface area (Å²) in [5.74, 6) is 1.52. The molecule has 0 N–H and O–H groups in total. The standard InChI is InChI=1S/C24H29N3O4S/c1-17-5-7-18(8-6-17)15-26-23(28)27(32-24(26)29)11-4-10-25-12-9-19-13-21(30-2)22(31-3)14-20(19)16-25/h5-8,13-14H,4,9-12,15-16H2,1-3H3. The highest BCUT2D eigenvalue weighted by atomic mass is 32.1. The second-order valence-corrected chi connectivity index (χ2v) is 9.14. The van der Waals surface area contributed by atoms with Crippen molar-refractivity contribution in [3.8, 4) is 11.5 Å². The van der Waals surface area contributed by atoms with Gasteiger partial charge in [0.2, 0.25) is 0 Å². The van der Waals surface area contributed by atoms with Crippen LogP contribution in [-0.2, 0) is 26.1 Å². The highest BCUT2D eigenvalue weighted by Gasteiger charge is 2.19. The lowest BCUT2D eigenvalue weighted by Crippen LogP contribution is -2.33. The van der Waals surface area contributed by atoms with E-state index in [2.05, 4.69) is 17.0 Å². The van der Waals surface area contributed by atoms with Crippen LogP contribution in [0.3, 0.4) is 0 Å². The number of benzene rings is 2. The van der Waals surface area contributed by atoms with Gasteiger partial charge in [0.25, 0.3) is 0 Å². The molecule has 2 heterocycles. The molecule has 3 aromatic rings. The van der Waals surface area contributed by atoms with Gasteiger partial charge in [-0.3, -0.25) is 9.69 Å². The Hall–Kier alpha value is -2.84. The predicted octanol–water partition coefficient (Wildman–Crippen LogP) is 2.89. The van der Waals surface area contributed by atoms with E-state index in [0.717, 1.165) is 66.6 Å². The smallest absolute Gasteiger partial charge is 0.341 e. The largest absolute Gasteiger partial charge is 0.493 e. The topological polar surface area (TPSA) is 65.7 Å². The molecule has 7 nitrogen and oxygen atoms in total. The molecule has 8 heteroatoms. The van der Waals surface area contributed by atoms with Crippen molar-refractivity contribution < 1.29 is 9.47 Å². The molecule has 0 spiro atoms. The van der Waals surface area contributed by atoms with E-state index in [0.29, 0.717) is 13.1 Å². The van der Waals surface area contributed by atoms with Gasteiger partial charge in [0.05, 0.1) is 20.8 Å². The maximum atomic E-state index is 12.7. The van der Waals surface area contributed by atoms with E-state index in [1.165, 1.54) is 15.7 Å². The summed E-state index contributed by atoms with van der Waals surface area (Å²) in [6.45, 7) is 5.55. The summed E-state index contributed by atoms with van der Waals surface area (Å²) in [6, 6.07) is 12.0. The van der Waals surface area contributed by atoms with Crippen LogP contribution >= 0.6 is 11.5 Å². The molecular weight excluding hydrogens is 426 g/mol. The summed E-state index contributed by atoms with van der Waals surface area (Å²) < 4.78 is 13.8. The Labute approximate surface area is 191 Å². The molecule has 4 rings (SSSR count). The van der Waals surface area contributed by atoms with E-state index < -0.39 is 0 Å². The molecule has 0 bridgehead atoms. The first-order valence-electron chi connectivity index (χ1n) is 10.8. The van der Waals surface area contributed by atoms with E-state index in [4.69, 9.17) is 9.47 Å². The molecule has 1 aromatic heterocycles. The quantitative estimate of drug-likeness (QED) is 0.523. The Morgan fingerprint density at radius 3 is 2.34 bits per heavy atom. The van der Waals surface area contributed by atoms with Gasteiger partial charge in [-0.25, -0.2) is 13.3 Å². The number of rotatable bonds is 8. The Morgan fingerprint density at radius 2 is 1.66 bits per heavy atom. The Balaban J connectivity index is 1.37. The van der Waals surface area contributed by atoms with Gasteiger partial charge in [-0.15, -0.1) is 0 Å². The number of ether oxygens (including phenoxy) is 2. The van der Waals surface area contributed by atoms with Gasteiger partial charge in [0, 0.05) is 37.7 Å². The lowest BCUT2D eigenvalue weighted by Gasteiger charge is -2.29. The highest BCUT2D eigenvalue weighted by Crippen LogP contribution is 2.33. The van der Waals surface area contributed by atoms with Crippen LogP contribution in [-0.4, -0.2) is 40.7 Å². The third-order valence-electron chi connectivity index (χ3n) is 5.95. The lowest BCUT2D eigenvalue weighted by atomic mass is 9.98. The van der Waals surface area contributed by atoms with E-state index in [9.17, 15) is 9.59 Å². The molecule has 1 aliphatic rings. The zero-order chi connectivity index (χ0) is 22.7. The first kappa shape index (κ1) is 22.4. The average Bonchev–Trinajstić information content (AvgIpc) is 3.07. The zero-order valence-corrected chi connectivity index (χ0v) is 19.6. The van der Waals surface area contributed by atoms with E-state index in [1.54, 1.807) is 18.2 Å². The fourth-order valence-corrected chi connectivity index (χ4v) is 4.94. The number of fused-ring (bicyclic) bond motifs is 1. The maximum Gasteiger partial charge on any atom is 0.341 e. The number of methoxy groups -OCH3 is 2. The van der Waals surface area contributed by atoms with E-state index >= 15 is 0 Å². The van der Waals surface area contributed by atoms with E-state index in [-0.39, 0.29) is 10.6 Å². The molecule has 0 unspecified atom stereocenters. The summed E-state index contributed by atoms with van der Waals surface area (Å²) in [7, 11) is 3.31. The molecule has 0 fully saturated rings. The maximum absolute atomic E-state index is 12.7. The van der Waals surface area contributed by atoms with Crippen molar-refractivity contribution in [1.82, 2.24) is 13.4 Å². The second-order valence-electron chi connectivity index (χ2n) is 8.17. The lowest BCUT2D eigenvalue weighted by molar-refractivity contribution is 0.245. The molecule has 1 aliphatic heterocycles. The van der Waals surface area contributed by atoms with Gasteiger partial charge in [-0.1, -0.05) is 29.8 Å². The van der Waals surface area contributed by atoms with Gasteiger partial charge in [0.1, 0.15) is 0 Å². The number of hydrogen-bond donors (Lipinski definition) is 0. The van der Waals surface area contributed by atoms with Gasteiger partial charge in [-0.2, -0.15) is 0 Å². The molecule has 32 heavy (non-hydrogen) atoms. The van der Waals surface area contributed by atoms with Crippen molar-refractivity contribution in [3.63, 3.8) is 0 Å². The molecule has 0 saturated heterocycles. The van der Waals surface area contributed by atoms with Crippen molar-refractivity contribution in [2.75, 3.05) is 27.3 Å². The monoisotopic (exact) mass is 455 g/mol. The van der Waals surface area contributed by atoms with Crippen LogP contribution in [0, 0.1) is 6.92 Å². The summed E-state index contributed by atoms with van der Waals surface area (Å²) >= 11 is 1.01. The Kier molecular flexibility index (Phi) is 6.81. The zero-order valence-electron chi connectivity index (χ0n) is 18.8. The van der Waals surface area contributed by atoms with Crippen molar-refractivity contribution >= 4 is 11.5 Å². The van der Waals surface area contributed by atoms with Gasteiger partial charge < -0.3 is 9.47 Å².